The highest BCUT2D eigenvalue weighted by atomic mass is 35.5. The van der Waals surface area contributed by atoms with Gasteiger partial charge in [-0.1, -0.05) is 96.0 Å². The summed E-state index contributed by atoms with van der Waals surface area (Å²) in [5, 5.41) is 10.2. The van der Waals surface area contributed by atoms with Crippen molar-refractivity contribution in [2.75, 3.05) is 0 Å². The van der Waals surface area contributed by atoms with Gasteiger partial charge in [-0.15, -0.1) is 0 Å². The van der Waals surface area contributed by atoms with Crippen LogP contribution < -0.4 is 0 Å². The average Bonchev–Trinajstić information content (AvgIpc) is 2.68. The molecule has 3 rings (SSSR count). The highest BCUT2D eigenvalue weighted by Crippen LogP contribution is 2.23. The summed E-state index contributed by atoms with van der Waals surface area (Å²) in [5.41, 5.74) is 4.75. The summed E-state index contributed by atoms with van der Waals surface area (Å²) in [4.78, 5) is 0. The van der Waals surface area contributed by atoms with Gasteiger partial charge in [0.15, 0.2) is 0 Å². The van der Waals surface area contributed by atoms with E-state index in [1.54, 1.807) is 6.07 Å². The Morgan fingerprint density at radius 1 is 0.654 bits per heavy atom. The van der Waals surface area contributed by atoms with Gasteiger partial charge in [0.05, 0.1) is 21.7 Å². The van der Waals surface area contributed by atoms with Crippen LogP contribution in [0.25, 0.3) is 24.3 Å². The van der Waals surface area contributed by atoms with Gasteiger partial charge in [0, 0.05) is 0 Å². The lowest BCUT2D eigenvalue weighted by Gasteiger charge is -1.99. The van der Waals surface area contributed by atoms with Crippen molar-refractivity contribution in [3.63, 3.8) is 0 Å². The number of halogens is 2. The van der Waals surface area contributed by atoms with E-state index in [1.165, 1.54) is 0 Å². The molecule has 0 bridgehead atoms. The molecule has 0 amide bonds. The van der Waals surface area contributed by atoms with Gasteiger partial charge in [0.2, 0.25) is 0 Å². The third-order valence-electron chi connectivity index (χ3n) is 3.88. The maximum absolute atomic E-state index is 9.13. The molecule has 1 nitrogen and oxygen atoms in total. The zero-order valence-electron chi connectivity index (χ0n) is 13.9. The molecule has 0 unspecified atom stereocenters. The first kappa shape index (κ1) is 18.0. The Morgan fingerprint density at radius 3 is 1.88 bits per heavy atom. The minimum absolute atomic E-state index is 0.548. The van der Waals surface area contributed by atoms with Gasteiger partial charge < -0.3 is 0 Å². The van der Waals surface area contributed by atoms with Crippen molar-refractivity contribution in [1.82, 2.24) is 0 Å². The van der Waals surface area contributed by atoms with Crippen molar-refractivity contribution in [2.45, 2.75) is 0 Å². The molecule has 0 aromatic heterocycles. The number of nitriles is 1. The van der Waals surface area contributed by atoms with E-state index in [9.17, 15) is 0 Å². The summed E-state index contributed by atoms with van der Waals surface area (Å²) in [6.45, 7) is 0. The van der Waals surface area contributed by atoms with E-state index in [-0.39, 0.29) is 0 Å². The summed E-state index contributed by atoms with van der Waals surface area (Å²) >= 11 is 12.0. The quantitative estimate of drug-likeness (QED) is 0.442. The molecule has 0 fully saturated rings. The minimum atomic E-state index is 0.548. The smallest absolute Gasteiger partial charge is 0.0997 e. The Balaban J connectivity index is 1.72. The fourth-order valence-corrected chi connectivity index (χ4v) is 2.76. The zero-order valence-corrected chi connectivity index (χ0v) is 15.4. The second-order valence-corrected chi connectivity index (χ2v) is 6.52. The van der Waals surface area contributed by atoms with Gasteiger partial charge in [-0.05, 0) is 40.5 Å². The van der Waals surface area contributed by atoms with Gasteiger partial charge in [-0.3, -0.25) is 0 Å². The van der Waals surface area contributed by atoms with E-state index in [4.69, 9.17) is 28.5 Å². The number of rotatable bonds is 4. The second-order valence-electron chi connectivity index (χ2n) is 5.71. The third-order valence-corrected chi connectivity index (χ3v) is 4.62. The molecule has 0 radical (unpaired) electrons. The number of hydrogen-bond acceptors (Lipinski definition) is 1. The Morgan fingerprint density at radius 2 is 1.23 bits per heavy atom. The van der Waals surface area contributed by atoms with Crippen molar-refractivity contribution in [3.8, 4) is 6.07 Å². The maximum Gasteiger partial charge on any atom is 0.0997 e. The molecule has 0 aliphatic carbocycles. The molecule has 3 aromatic carbocycles. The van der Waals surface area contributed by atoms with Crippen molar-refractivity contribution in [3.05, 3.63) is 105 Å². The SMILES string of the molecule is N#Cc1ccccc1C=Cc1ccc(C=Cc2ccc(Cl)c(Cl)c2)cc1. The lowest BCUT2D eigenvalue weighted by Crippen LogP contribution is -1.80. The van der Waals surface area contributed by atoms with Crippen LogP contribution in [0, 0.1) is 11.3 Å². The largest absolute Gasteiger partial charge is 0.192 e. The summed E-state index contributed by atoms with van der Waals surface area (Å²) < 4.78 is 0. The molecule has 0 saturated heterocycles. The molecule has 0 spiro atoms. The molecule has 26 heavy (non-hydrogen) atoms. The van der Waals surface area contributed by atoms with Crippen LogP contribution in [0.15, 0.2) is 66.7 Å². The van der Waals surface area contributed by atoms with Crippen molar-refractivity contribution < 1.29 is 0 Å². The molecular weight excluding hydrogens is 361 g/mol. The first-order valence-corrected chi connectivity index (χ1v) is 8.82. The van der Waals surface area contributed by atoms with Crippen LogP contribution in [0.5, 0.6) is 0 Å². The van der Waals surface area contributed by atoms with E-state index in [0.29, 0.717) is 15.6 Å². The topological polar surface area (TPSA) is 23.8 Å². The normalized spacial score (nSPS) is 11.1. The number of hydrogen-bond donors (Lipinski definition) is 0. The van der Waals surface area contributed by atoms with Gasteiger partial charge in [-0.25, -0.2) is 0 Å². The first-order valence-electron chi connectivity index (χ1n) is 8.06. The van der Waals surface area contributed by atoms with Crippen LogP contribution in [0.4, 0.5) is 0 Å². The van der Waals surface area contributed by atoms with Crippen molar-refractivity contribution >= 4 is 47.5 Å². The molecular formula is C23H15Cl2N. The monoisotopic (exact) mass is 375 g/mol. The summed E-state index contributed by atoms with van der Waals surface area (Å²) in [6, 6.07) is 23.5. The number of nitrogens with zero attached hydrogens (tertiary/aromatic N) is 1. The van der Waals surface area contributed by atoms with E-state index in [2.05, 4.69) is 6.07 Å². The van der Waals surface area contributed by atoms with Crippen LogP contribution in [-0.2, 0) is 0 Å². The molecule has 3 heteroatoms. The molecule has 0 atom stereocenters. The summed E-state index contributed by atoms with van der Waals surface area (Å²) in [5.74, 6) is 0. The third kappa shape index (κ3) is 4.64. The lowest BCUT2D eigenvalue weighted by molar-refractivity contribution is 1.47. The van der Waals surface area contributed by atoms with Gasteiger partial charge in [0.25, 0.3) is 0 Å². The second kappa shape index (κ2) is 8.54. The summed E-state index contributed by atoms with van der Waals surface area (Å²) in [6.07, 6.45) is 7.98. The Bertz CT molecular complexity index is 1010. The Labute approximate surface area is 163 Å². The highest BCUT2D eigenvalue weighted by molar-refractivity contribution is 6.42. The lowest BCUT2D eigenvalue weighted by atomic mass is 10.1. The molecule has 126 valence electrons. The average molecular weight is 376 g/mol. The van der Waals surface area contributed by atoms with Crippen LogP contribution >= 0.6 is 23.2 Å². The Kier molecular flexibility index (Phi) is 5.92. The van der Waals surface area contributed by atoms with Crippen LogP contribution in [-0.4, -0.2) is 0 Å². The highest BCUT2D eigenvalue weighted by Gasteiger charge is 1.98. The van der Waals surface area contributed by atoms with Gasteiger partial charge >= 0.3 is 0 Å². The van der Waals surface area contributed by atoms with Crippen LogP contribution in [0.2, 0.25) is 10.0 Å². The molecule has 0 aliphatic heterocycles. The van der Waals surface area contributed by atoms with E-state index in [0.717, 1.165) is 22.3 Å². The molecule has 0 aliphatic rings. The van der Waals surface area contributed by atoms with Crippen LogP contribution in [0.1, 0.15) is 27.8 Å². The van der Waals surface area contributed by atoms with E-state index in [1.807, 2.05) is 85.0 Å². The van der Waals surface area contributed by atoms with Crippen molar-refractivity contribution in [2.24, 2.45) is 0 Å². The fraction of sp³-hybridized carbons (Fsp3) is 0. The molecule has 0 N–H and O–H groups in total. The van der Waals surface area contributed by atoms with Gasteiger partial charge in [-0.2, -0.15) is 5.26 Å². The fourth-order valence-electron chi connectivity index (χ4n) is 2.46. The minimum Gasteiger partial charge on any atom is -0.192 e. The predicted octanol–water partition coefficient (Wildman–Crippen LogP) is 7.21. The summed E-state index contributed by atoms with van der Waals surface area (Å²) in [7, 11) is 0. The molecule has 3 aromatic rings. The van der Waals surface area contributed by atoms with E-state index >= 15 is 0 Å². The molecule has 0 heterocycles. The van der Waals surface area contributed by atoms with Crippen molar-refractivity contribution in [1.29, 1.82) is 5.26 Å². The number of benzene rings is 3. The molecule has 0 saturated carbocycles. The van der Waals surface area contributed by atoms with E-state index < -0.39 is 0 Å². The standard InChI is InChI=1S/C23H15Cl2N/c24-22-14-12-19(15-23(22)25)10-9-17-5-7-18(8-6-17)11-13-20-3-1-2-4-21(20)16-26/h1-15H. The zero-order chi connectivity index (χ0) is 18.4. The van der Waals surface area contributed by atoms with Gasteiger partial charge in [0.1, 0.15) is 0 Å². The Hall–Kier alpha value is -2.79. The van der Waals surface area contributed by atoms with Crippen LogP contribution in [0.3, 0.4) is 0 Å². The first-order chi connectivity index (χ1) is 12.7. The maximum atomic E-state index is 9.13. The predicted molar refractivity (Wildman–Crippen MR) is 112 cm³/mol.